The van der Waals surface area contributed by atoms with E-state index in [1.165, 1.54) is 11.2 Å². The van der Waals surface area contributed by atoms with E-state index < -0.39 is 6.09 Å². The summed E-state index contributed by atoms with van der Waals surface area (Å²) in [6.07, 6.45) is 1.12. The molecule has 0 radical (unpaired) electrons. The zero-order chi connectivity index (χ0) is 13.1. The number of hydrogen-bond acceptors (Lipinski definition) is 4. The lowest BCUT2D eigenvalue weighted by molar-refractivity contribution is 0.138. The Hall–Kier alpha value is -1.85. The Labute approximate surface area is 106 Å². The quantitative estimate of drug-likeness (QED) is 0.882. The summed E-state index contributed by atoms with van der Waals surface area (Å²) in [5.74, 6) is 1.02. The van der Waals surface area contributed by atoms with E-state index in [9.17, 15) is 4.79 Å². The lowest BCUT2D eigenvalue weighted by atomic mass is 10.1. The zero-order valence-corrected chi connectivity index (χ0v) is 10.6. The van der Waals surface area contributed by atoms with Crippen LogP contribution in [0.25, 0.3) is 0 Å². The van der Waals surface area contributed by atoms with Crippen LogP contribution in [0.4, 0.5) is 4.79 Å². The first-order valence-electron chi connectivity index (χ1n) is 6.01. The molecule has 18 heavy (non-hydrogen) atoms. The Morgan fingerprint density at radius 3 is 3.00 bits per heavy atom. The molecule has 1 N–H and O–H groups in total. The highest BCUT2D eigenvalue weighted by atomic mass is 16.5. The molecule has 0 spiro atoms. The number of nitrogens with zero attached hydrogens (tertiary/aromatic N) is 3. The largest absolute Gasteiger partial charge is 0.477 e. The molecule has 0 fully saturated rings. The highest BCUT2D eigenvalue weighted by Gasteiger charge is 2.24. The lowest BCUT2D eigenvalue weighted by Gasteiger charge is -2.26. The summed E-state index contributed by atoms with van der Waals surface area (Å²) in [6.45, 7) is 5.52. The molecule has 98 valence electrons. The fourth-order valence-corrected chi connectivity index (χ4v) is 1.86. The van der Waals surface area contributed by atoms with Crippen molar-refractivity contribution < 1.29 is 14.6 Å². The second-order valence-electron chi connectivity index (χ2n) is 4.76. The lowest BCUT2D eigenvalue weighted by Crippen LogP contribution is -2.35. The van der Waals surface area contributed by atoms with Crippen LogP contribution < -0.4 is 4.74 Å². The third-order valence-corrected chi connectivity index (χ3v) is 2.79. The molecule has 0 aliphatic carbocycles. The van der Waals surface area contributed by atoms with Gasteiger partial charge in [0.05, 0.1) is 18.8 Å². The van der Waals surface area contributed by atoms with E-state index in [2.05, 4.69) is 23.8 Å². The minimum absolute atomic E-state index is 0.311. The van der Waals surface area contributed by atoms with Crippen LogP contribution in [0.5, 0.6) is 5.88 Å². The van der Waals surface area contributed by atoms with Gasteiger partial charge in [0.25, 0.3) is 0 Å². The van der Waals surface area contributed by atoms with Crippen molar-refractivity contribution in [2.75, 3.05) is 13.2 Å². The average Bonchev–Trinajstić information content (AvgIpc) is 2.35. The third kappa shape index (κ3) is 2.69. The number of carboxylic acid groups (broad SMARTS) is 1. The predicted molar refractivity (Wildman–Crippen MR) is 64.5 cm³/mol. The van der Waals surface area contributed by atoms with Crippen molar-refractivity contribution in [1.82, 2.24) is 14.9 Å². The van der Waals surface area contributed by atoms with Gasteiger partial charge in [0.15, 0.2) is 0 Å². The Morgan fingerprint density at radius 2 is 2.33 bits per heavy atom. The summed E-state index contributed by atoms with van der Waals surface area (Å²) in [6, 6.07) is 0. The van der Waals surface area contributed by atoms with Gasteiger partial charge in [-0.2, -0.15) is 0 Å². The molecular formula is C12H17N3O3. The van der Waals surface area contributed by atoms with Crippen molar-refractivity contribution in [3.8, 4) is 5.88 Å². The molecule has 6 nitrogen and oxygen atoms in total. The maximum absolute atomic E-state index is 10.9. The van der Waals surface area contributed by atoms with E-state index in [1.54, 1.807) is 0 Å². The summed E-state index contributed by atoms with van der Waals surface area (Å²) in [4.78, 5) is 20.5. The van der Waals surface area contributed by atoms with Crippen LogP contribution in [0.2, 0.25) is 0 Å². The summed E-state index contributed by atoms with van der Waals surface area (Å²) in [5.41, 5.74) is 1.69. The third-order valence-electron chi connectivity index (χ3n) is 2.79. The smallest absolute Gasteiger partial charge is 0.407 e. The predicted octanol–water partition coefficient (Wildman–Crippen LogP) is 1.55. The SMILES string of the molecule is CC(C)COc1ncnc2c1CCN(C(=O)O)C2. The van der Waals surface area contributed by atoms with E-state index in [0.717, 1.165) is 11.3 Å². The van der Waals surface area contributed by atoms with Crippen molar-refractivity contribution in [2.45, 2.75) is 26.8 Å². The van der Waals surface area contributed by atoms with Crippen LogP contribution in [-0.4, -0.2) is 39.2 Å². The molecule has 0 bridgehead atoms. The Morgan fingerprint density at radius 1 is 1.56 bits per heavy atom. The minimum atomic E-state index is -0.913. The van der Waals surface area contributed by atoms with E-state index in [-0.39, 0.29) is 0 Å². The van der Waals surface area contributed by atoms with E-state index >= 15 is 0 Å². The fourth-order valence-electron chi connectivity index (χ4n) is 1.86. The minimum Gasteiger partial charge on any atom is -0.477 e. The van der Waals surface area contributed by atoms with Gasteiger partial charge in [0.1, 0.15) is 6.33 Å². The number of aromatic nitrogens is 2. The first-order valence-corrected chi connectivity index (χ1v) is 6.01. The highest BCUT2D eigenvalue weighted by Crippen LogP contribution is 2.24. The monoisotopic (exact) mass is 251 g/mol. The van der Waals surface area contributed by atoms with Crippen molar-refractivity contribution in [3.05, 3.63) is 17.6 Å². The molecule has 1 aromatic rings. The van der Waals surface area contributed by atoms with Crippen LogP contribution in [0.1, 0.15) is 25.1 Å². The zero-order valence-electron chi connectivity index (χ0n) is 10.6. The van der Waals surface area contributed by atoms with Crippen LogP contribution >= 0.6 is 0 Å². The van der Waals surface area contributed by atoms with Gasteiger partial charge in [-0.3, -0.25) is 0 Å². The Kier molecular flexibility index (Phi) is 3.64. The molecule has 6 heteroatoms. The first kappa shape index (κ1) is 12.6. The van der Waals surface area contributed by atoms with Gasteiger partial charge in [-0.25, -0.2) is 14.8 Å². The fraction of sp³-hybridized carbons (Fsp3) is 0.583. The van der Waals surface area contributed by atoms with Gasteiger partial charge in [-0.1, -0.05) is 13.8 Å². The maximum atomic E-state index is 10.9. The topological polar surface area (TPSA) is 75.6 Å². The molecule has 0 atom stereocenters. The molecule has 2 heterocycles. The van der Waals surface area contributed by atoms with Crippen LogP contribution in [0, 0.1) is 5.92 Å². The van der Waals surface area contributed by atoms with Crippen LogP contribution in [0.15, 0.2) is 6.33 Å². The summed E-state index contributed by atoms with van der Waals surface area (Å²) < 4.78 is 5.64. The van der Waals surface area contributed by atoms with Crippen molar-refractivity contribution in [2.24, 2.45) is 5.92 Å². The van der Waals surface area contributed by atoms with Crippen molar-refractivity contribution in [1.29, 1.82) is 0 Å². The van der Waals surface area contributed by atoms with Crippen LogP contribution in [-0.2, 0) is 13.0 Å². The van der Waals surface area contributed by atoms with Gasteiger partial charge in [0.2, 0.25) is 5.88 Å². The number of rotatable bonds is 3. The van der Waals surface area contributed by atoms with Crippen LogP contribution in [0.3, 0.4) is 0 Å². The van der Waals surface area contributed by atoms with Gasteiger partial charge in [-0.15, -0.1) is 0 Å². The standard InChI is InChI=1S/C12H17N3O3/c1-8(2)6-18-11-9-3-4-15(12(16)17)5-10(9)13-7-14-11/h7-8H,3-6H2,1-2H3,(H,16,17). The molecule has 0 unspecified atom stereocenters. The molecule has 1 aliphatic heterocycles. The normalized spacial score (nSPS) is 14.5. The maximum Gasteiger partial charge on any atom is 0.407 e. The number of ether oxygens (including phenoxy) is 1. The highest BCUT2D eigenvalue weighted by molar-refractivity contribution is 5.65. The molecule has 2 rings (SSSR count). The second-order valence-corrected chi connectivity index (χ2v) is 4.76. The Balaban J connectivity index is 2.16. The molecule has 0 saturated carbocycles. The Bertz CT molecular complexity index is 448. The van der Waals surface area contributed by atoms with E-state index in [4.69, 9.17) is 9.84 Å². The van der Waals surface area contributed by atoms with Crippen molar-refractivity contribution in [3.63, 3.8) is 0 Å². The molecule has 0 saturated heterocycles. The van der Waals surface area contributed by atoms with Gasteiger partial charge < -0.3 is 14.7 Å². The van der Waals surface area contributed by atoms with Gasteiger partial charge >= 0.3 is 6.09 Å². The summed E-state index contributed by atoms with van der Waals surface area (Å²) >= 11 is 0. The number of amides is 1. The second kappa shape index (κ2) is 5.20. The average molecular weight is 251 g/mol. The molecule has 1 amide bonds. The number of hydrogen-bond donors (Lipinski definition) is 1. The van der Waals surface area contributed by atoms with E-state index in [1.807, 2.05) is 0 Å². The van der Waals surface area contributed by atoms with E-state index in [0.29, 0.717) is 37.9 Å². The number of carbonyl (C=O) groups is 1. The molecule has 0 aromatic carbocycles. The summed E-state index contributed by atoms with van der Waals surface area (Å²) in [7, 11) is 0. The summed E-state index contributed by atoms with van der Waals surface area (Å²) in [5, 5.41) is 8.96. The van der Waals surface area contributed by atoms with Gasteiger partial charge in [0, 0.05) is 12.1 Å². The molecular weight excluding hydrogens is 234 g/mol. The first-order chi connectivity index (χ1) is 8.58. The molecule has 1 aliphatic rings. The number of fused-ring (bicyclic) bond motifs is 1. The van der Waals surface area contributed by atoms with Crippen molar-refractivity contribution >= 4 is 6.09 Å². The van der Waals surface area contributed by atoms with Gasteiger partial charge in [-0.05, 0) is 12.3 Å². The molecule has 1 aromatic heterocycles.